The van der Waals surface area contributed by atoms with E-state index in [0.717, 1.165) is 12.2 Å². The lowest BCUT2D eigenvalue weighted by Gasteiger charge is -1.96. The first-order valence-corrected chi connectivity index (χ1v) is 2.77. The summed E-state index contributed by atoms with van der Waals surface area (Å²) in [5, 5.41) is 2.28. The molecule has 0 aliphatic heterocycles. The van der Waals surface area contributed by atoms with Crippen LogP contribution < -0.4 is 10.0 Å². The van der Waals surface area contributed by atoms with E-state index < -0.39 is 6.09 Å². The Balaban J connectivity index is 2.99. The maximum Gasteiger partial charge on any atom is 0.420 e. The molecular formula is C3H8N2O2S. The van der Waals surface area contributed by atoms with Crippen molar-refractivity contribution in [3.63, 3.8) is 0 Å². The zero-order valence-electron chi connectivity index (χ0n) is 4.72. The van der Waals surface area contributed by atoms with Crippen molar-refractivity contribution in [2.45, 2.75) is 0 Å². The van der Waals surface area contributed by atoms with Gasteiger partial charge in [0, 0.05) is 7.05 Å². The number of rotatable bonds is 2. The first kappa shape index (κ1) is 7.58. The highest BCUT2D eigenvalue weighted by Crippen LogP contribution is 1.91. The van der Waals surface area contributed by atoms with Gasteiger partial charge in [-0.25, -0.2) is 9.52 Å². The first-order chi connectivity index (χ1) is 3.81. The Hall–Kier alpha value is -0.420. The molecule has 2 N–H and O–H groups in total. The molecule has 1 amide bonds. The zero-order chi connectivity index (χ0) is 6.41. The second-order valence-electron chi connectivity index (χ2n) is 0.908. The van der Waals surface area contributed by atoms with Crippen molar-refractivity contribution in [2.24, 2.45) is 0 Å². The Morgan fingerprint density at radius 1 is 1.62 bits per heavy atom. The summed E-state index contributed by atoms with van der Waals surface area (Å²) in [5.74, 6) is 0. The van der Waals surface area contributed by atoms with Crippen LogP contribution in [0.25, 0.3) is 0 Å². The molecule has 5 heteroatoms. The van der Waals surface area contributed by atoms with E-state index in [1.165, 1.54) is 7.05 Å². The van der Waals surface area contributed by atoms with Gasteiger partial charge in [-0.1, -0.05) is 0 Å². The Morgan fingerprint density at radius 3 is 2.62 bits per heavy atom. The van der Waals surface area contributed by atoms with Gasteiger partial charge in [0.25, 0.3) is 0 Å². The topological polar surface area (TPSA) is 50.4 Å². The van der Waals surface area contributed by atoms with Gasteiger partial charge in [0.2, 0.25) is 0 Å². The van der Waals surface area contributed by atoms with Crippen LogP contribution >= 0.6 is 12.2 Å². The van der Waals surface area contributed by atoms with Crippen LogP contribution in [0.2, 0.25) is 0 Å². The summed E-state index contributed by atoms with van der Waals surface area (Å²) in [5.41, 5.74) is 0. The van der Waals surface area contributed by atoms with Crippen molar-refractivity contribution >= 4 is 18.3 Å². The maximum atomic E-state index is 10.2. The van der Waals surface area contributed by atoms with Crippen LogP contribution in [-0.4, -0.2) is 20.2 Å². The van der Waals surface area contributed by atoms with E-state index in [4.69, 9.17) is 0 Å². The van der Waals surface area contributed by atoms with E-state index in [0.29, 0.717) is 0 Å². The monoisotopic (exact) mass is 136 g/mol. The molecule has 0 saturated heterocycles. The van der Waals surface area contributed by atoms with Gasteiger partial charge in [0.05, 0.1) is 0 Å². The molecule has 0 heterocycles. The Bertz CT molecular complexity index is 77.7. The number of hydrogen-bond donors (Lipinski definition) is 2. The molecule has 0 bridgehead atoms. The predicted molar refractivity (Wildman–Crippen MR) is 32.2 cm³/mol. The summed E-state index contributed by atoms with van der Waals surface area (Å²) in [6.07, 6.45) is -0.454. The third-order valence-electron chi connectivity index (χ3n) is 0.405. The maximum absolute atomic E-state index is 10.2. The van der Waals surface area contributed by atoms with Gasteiger partial charge in [0.1, 0.15) is 12.2 Å². The van der Waals surface area contributed by atoms with Crippen LogP contribution in [0.4, 0.5) is 4.79 Å². The summed E-state index contributed by atoms with van der Waals surface area (Å²) >= 11 is 0.879. The summed E-state index contributed by atoms with van der Waals surface area (Å²) in [6, 6.07) is 0. The van der Waals surface area contributed by atoms with Gasteiger partial charge in [-0.3, -0.25) is 0 Å². The Kier molecular flexibility index (Phi) is 4.48. The third kappa shape index (κ3) is 3.76. The number of carbonyl (C=O) groups is 1. The van der Waals surface area contributed by atoms with Crippen LogP contribution in [0.3, 0.4) is 0 Å². The summed E-state index contributed by atoms with van der Waals surface area (Å²) < 4.78 is 6.96. The van der Waals surface area contributed by atoms with E-state index in [9.17, 15) is 4.79 Å². The normalized spacial score (nSPS) is 8.25. The Morgan fingerprint density at radius 2 is 2.25 bits per heavy atom. The SMILES string of the molecule is CNSOC(=O)NC. The summed E-state index contributed by atoms with van der Waals surface area (Å²) in [4.78, 5) is 10.2. The van der Waals surface area contributed by atoms with Crippen LogP contribution in [0.1, 0.15) is 0 Å². The fourth-order valence-corrected chi connectivity index (χ4v) is 0.364. The molecular weight excluding hydrogens is 128 g/mol. The molecule has 48 valence electrons. The molecule has 0 aliphatic rings. The molecule has 0 spiro atoms. The quantitative estimate of drug-likeness (QED) is 0.418. The van der Waals surface area contributed by atoms with Crippen molar-refractivity contribution in [1.29, 1.82) is 0 Å². The lowest BCUT2D eigenvalue weighted by molar-refractivity contribution is 0.210. The molecule has 0 unspecified atom stereocenters. The molecule has 0 aromatic heterocycles. The van der Waals surface area contributed by atoms with Crippen LogP contribution in [-0.2, 0) is 4.18 Å². The van der Waals surface area contributed by atoms with E-state index in [2.05, 4.69) is 14.2 Å². The third-order valence-corrected chi connectivity index (χ3v) is 0.806. The largest absolute Gasteiger partial charge is 0.420 e. The summed E-state index contributed by atoms with van der Waals surface area (Å²) in [7, 11) is 3.16. The van der Waals surface area contributed by atoms with Gasteiger partial charge >= 0.3 is 6.09 Å². The average molecular weight is 136 g/mol. The van der Waals surface area contributed by atoms with Gasteiger partial charge < -0.3 is 9.50 Å². The van der Waals surface area contributed by atoms with E-state index in [1.807, 2.05) is 0 Å². The van der Waals surface area contributed by atoms with E-state index in [1.54, 1.807) is 7.05 Å². The number of hydrogen-bond acceptors (Lipinski definition) is 4. The molecule has 0 aliphatic carbocycles. The van der Waals surface area contributed by atoms with Crippen molar-refractivity contribution in [3.05, 3.63) is 0 Å². The Labute approximate surface area is 52.3 Å². The number of nitrogens with one attached hydrogen (secondary N) is 2. The van der Waals surface area contributed by atoms with Crippen LogP contribution in [0.15, 0.2) is 0 Å². The highest BCUT2D eigenvalue weighted by Gasteiger charge is 1.93. The van der Waals surface area contributed by atoms with Gasteiger partial charge in [-0.2, -0.15) is 0 Å². The second kappa shape index (κ2) is 4.73. The smallest absolute Gasteiger partial charge is 0.358 e. The molecule has 0 aromatic carbocycles. The fraction of sp³-hybridized carbons (Fsp3) is 0.667. The molecule has 0 fully saturated rings. The van der Waals surface area contributed by atoms with Crippen LogP contribution in [0.5, 0.6) is 0 Å². The standard InChI is InChI=1S/C3H8N2O2S/c1-4-3(6)7-8-5-2/h5H,1-2H3,(H,4,6). The first-order valence-electron chi connectivity index (χ1n) is 2.03. The molecule has 0 atom stereocenters. The number of amides is 1. The fourth-order valence-electron chi connectivity index (χ4n) is 0.121. The minimum atomic E-state index is -0.454. The van der Waals surface area contributed by atoms with E-state index >= 15 is 0 Å². The van der Waals surface area contributed by atoms with Gasteiger partial charge in [0.15, 0.2) is 0 Å². The summed E-state index contributed by atoms with van der Waals surface area (Å²) in [6.45, 7) is 0. The molecule has 8 heavy (non-hydrogen) atoms. The van der Waals surface area contributed by atoms with Crippen molar-refractivity contribution in [2.75, 3.05) is 14.1 Å². The van der Waals surface area contributed by atoms with E-state index in [-0.39, 0.29) is 0 Å². The predicted octanol–water partition coefficient (Wildman–Crippen LogP) is 0.125. The molecule has 0 radical (unpaired) electrons. The highest BCUT2D eigenvalue weighted by molar-refractivity contribution is 7.93. The highest BCUT2D eigenvalue weighted by atomic mass is 32.2. The van der Waals surface area contributed by atoms with Crippen molar-refractivity contribution < 1.29 is 8.98 Å². The molecule has 0 saturated carbocycles. The second-order valence-corrected chi connectivity index (χ2v) is 1.65. The molecule has 0 rings (SSSR count). The minimum absolute atomic E-state index is 0.454. The van der Waals surface area contributed by atoms with Crippen molar-refractivity contribution in [3.8, 4) is 0 Å². The van der Waals surface area contributed by atoms with Gasteiger partial charge in [-0.15, -0.1) is 0 Å². The van der Waals surface area contributed by atoms with Crippen molar-refractivity contribution in [1.82, 2.24) is 10.0 Å². The zero-order valence-corrected chi connectivity index (χ0v) is 5.54. The lowest BCUT2D eigenvalue weighted by atomic mass is 11.1. The lowest BCUT2D eigenvalue weighted by Crippen LogP contribution is -2.17. The molecule has 0 aromatic rings. The molecule has 4 nitrogen and oxygen atoms in total. The van der Waals surface area contributed by atoms with Gasteiger partial charge in [-0.05, 0) is 7.05 Å². The number of carbonyl (C=O) groups excluding carboxylic acids is 1. The minimum Gasteiger partial charge on any atom is -0.358 e. The average Bonchev–Trinajstić information content (AvgIpc) is 1.83. The van der Waals surface area contributed by atoms with Crippen LogP contribution in [0, 0.1) is 0 Å².